The monoisotopic (exact) mass is 580 g/mol. The summed E-state index contributed by atoms with van der Waals surface area (Å²) in [6.45, 7) is 3.66. The van der Waals surface area contributed by atoms with E-state index in [9.17, 15) is 9.18 Å². The Balaban J connectivity index is 1.17. The number of hydrogen-bond donors (Lipinski definition) is 1. The second-order valence-corrected chi connectivity index (χ2v) is 11.9. The normalized spacial score (nSPS) is 16.8. The van der Waals surface area contributed by atoms with Crippen molar-refractivity contribution in [1.29, 1.82) is 0 Å². The maximum Gasteiger partial charge on any atom is 0.322 e. The molecule has 3 aromatic carbocycles. The predicted octanol–water partition coefficient (Wildman–Crippen LogP) is 7.52. The molecule has 0 bridgehead atoms. The average molecular weight is 582 g/mol. The molecule has 2 aliphatic heterocycles. The predicted molar refractivity (Wildman–Crippen MR) is 158 cm³/mol. The van der Waals surface area contributed by atoms with Crippen LogP contribution in [-0.4, -0.2) is 42.1 Å². The van der Waals surface area contributed by atoms with Crippen molar-refractivity contribution in [3.63, 3.8) is 0 Å². The molecule has 1 N–H and O–H groups in total. The van der Waals surface area contributed by atoms with Gasteiger partial charge in [0.15, 0.2) is 0 Å². The Labute approximate surface area is 240 Å². The Morgan fingerprint density at radius 2 is 1.87 bits per heavy atom. The fraction of sp³-hybridized carbons (Fsp3) is 0.267. The number of likely N-dealkylation sites (tertiary alicyclic amines) is 1. The molecular formula is C30H27Cl2FN4OS. The van der Waals surface area contributed by atoms with Gasteiger partial charge in [0.2, 0.25) is 0 Å². The number of urea groups is 1. The quantitative estimate of drug-likeness (QED) is 0.265. The molecule has 1 fully saturated rings. The molecule has 3 heterocycles. The summed E-state index contributed by atoms with van der Waals surface area (Å²) >= 11 is 13.8. The van der Waals surface area contributed by atoms with Crippen LogP contribution < -0.4 is 10.2 Å². The minimum atomic E-state index is -0.288. The van der Waals surface area contributed by atoms with Crippen molar-refractivity contribution < 1.29 is 9.18 Å². The number of rotatable bonds is 5. The van der Waals surface area contributed by atoms with Crippen molar-refractivity contribution >= 4 is 62.5 Å². The molecule has 2 amide bonds. The van der Waals surface area contributed by atoms with Gasteiger partial charge in [0, 0.05) is 30.6 Å². The molecule has 200 valence electrons. The summed E-state index contributed by atoms with van der Waals surface area (Å²) in [6, 6.07) is 15.8. The lowest BCUT2D eigenvalue weighted by Gasteiger charge is -2.39. The number of carbonyl (C=O) groups is 1. The van der Waals surface area contributed by atoms with Gasteiger partial charge in [-0.15, -0.1) is 11.3 Å². The molecular weight excluding hydrogens is 554 g/mol. The topological polar surface area (TPSA) is 48.5 Å². The summed E-state index contributed by atoms with van der Waals surface area (Å²) in [6.07, 6.45) is 6.12. The fourth-order valence-corrected chi connectivity index (χ4v) is 6.71. The first-order chi connectivity index (χ1) is 18.9. The third kappa shape index (κ3) is 5.29. The van der Waals surface area contributed by atoms with Crippen LogP contribution in [0.25, 0.3) is 16.3 Å². The molecule has 0 aliphatic carbocycles. The van der Waals surface area contributed by atoms with Crippen LogP contribution in [0.3, 0.4) is 0 Å². The summed E-state index contributed by atoms with van der Waals surface area (Å²) in [5, 5.41) is 4.14. The molecule has 5 nitrogen and oxygen atoms in total. The first kappa shape index (κ1) is 26.3. The van der Waals surface area contributed by atoms with E-state index in [1.165, 1.54) is 17.7 Å². The zero-order valence-electron chi connectivity index (χ0n) is 21.2. The fourth-order valence-electron chi connectivity index (χ4n) is 5.72. The van der Waals surface area contributed by atoms with Crippen LogP contribution in [0.5, 0.6) is 0 Å². The van der Waals surface area contributed by atoms with Crippen molar-refractivity contribution in [1.82, 2.24) is 15.2 Å². The van der Waals surface area contributed by atoms with Gasteiger partial charge in [-0.3, -0.25) is 9.80 Å². The van der Waals surface area contributed by atoms with E-state index < -0.39 is 0 Å². The smallest absolute Gasteiger partial charge is 0.322 e. The maximum absolute atomic E-state index is 13.4. The number of carbonyl (C=O) groups excluding carboxylic acids is 1. The number of amides is 2. The summed E-state index contributed by atoms with van der Waals surface area (Å²) in [7, 11) is 0. The molecule has 9 heteroatoms. The van der Waals surface area contributed by atoms with E-state index >= 15 is 0 Å². The highest BCUT2D eigenvalue weighted by molar-refractivity contribution is 7.16. The zero-order chi connectivity index (χ0) is 27.0. The van der Waals surface area contributed by atoms with E-state index in [2.05, 4.69) is 34.5 Å². The van der Waals surface area contributed by atoms with Gasteiger partial charge in [0.25, 0.3) is 0 Å². The van der Waals surface area contributed by atoms with E-state index in [0.29, 0.717) is 23.1 Å². The van der Waals surface area contributed by atoms with Crippen molar-refractivity contribution in [2.75, 3.05) is 31.1 Å². The Bertz CT molecular complexity index is 1550. The molecule has 1 saturated heterocycles. The minimum absolute atomic E-state index is 0.139. The molecule has 4 aromatic rings. The largest absolute Gasteiger partial charge is 0.334 e. The highest BCUT2D eigenvalue weighted by Crippen LogP contribution is 2.50. The highest BCUT2D eigenvalue weighted by atomic mass is 35.5. The van der Waals surface area contributed by atoms with Crippen LogP contribution in [-0.2, 0) is 12.0 Å². The first-order valence-corrected chi connectivity index (χ1v) is 14.6. The average Bonchev–Trinajstić information content (AvgIpc) is 3.54. The van der Waals surface area contributed by atoms with Gasteiger partial charge in [-0.05, 0) is 73.5 Å². The maximum atomic E-state index is 13.4. The Kier molecular flexibility index (Phi) is 7.33. The number of piperidine rings is 1. The molecule has 0 saturated carbocycles. The molecule has 1 spiro atoms. The molecule has 0 radical (unpaired) electrons. The van der Waals surface area contributed by atoms with E-state index in [1.54, 1.807) is 23.5 Å². The number of nitrogens with one attached hydrogen (secondary N) is 1. The number of hydrogen-bond acceptors (Lipinski definition) is 4. The van der Waals surface area contributed by atoms with Crippen LogP contribution >= 0.6 is 34.5 Å². The molecule has 2 aliphatic rings. The van der Waals surface area contributed by atoms with Crippen molar-refractivity contribution in [2.45, 2.75) is 24.8 Å². The summed E-state index contributed by atoms with van der Waals surface area (Å²) < 4.78 is 14.4. The second-order valence-electron chi connectivity index (χ2n) is 10.2. The third-order valence-corrected chi connectivity index (χ3v) is 9.33. The van der Waals surface area contributed by atoms with Crippen LogP contribution in [0.15, 0.2) is 66.2 Å². The van der Waals surface area contributed by atoms with Crippen molar-refractivity contribution in [3.8, 4) is 0 Å². The minimum Gasteiger partial charge on any atom is -0.334 e. The lowest BCUT2D eigenvalue weighted by atomic mass is 9.74. The van der Waals surface area contributed by atoms with Gasteiger partial charge in [-0.25, -0.2) is 14.2 Å². The molecule has 6 rings (SSSR count). The summed E-state index contributed by atoms with van der Waals surface area (Å²) in [5.74, 6) is -0.288. The number of halogens is 3. The Morgan fingerprint density at radius 3 is 2.64 bits per heavy atom. The van der Waals surface area contributed by atoms with Crippen molar-refractivity contribution in [2.24, 2.45) is 0 Å². The number of fused-ring (bicyclic) bond motifs is 4. The molecule has 0 atom stereocenters. The number of anilines is 1. The van der Waals surface area contributed by atoms with Gasteiger partial charge in [-0.2, -0.15) is 0 Å². The first-order valence-electron chi connectivity index (χ1n) is 12.9. The van der Waals surface area contributed by atoms with E-state index in [1.807, 2.05) is 28.6 Å². The Hall–Kier alpha value is -2.97. The summed E-state index contributed by atoms with van der Waals surface area (Å²) in [5.41, 5.74) is 6.78. The highest BCUT2D eigenvalue weighted by Gasteiger charge is 2.47. The van der Waals surface area contributed by atoms with E-state index in [4.69, 9.17) is 28.2 Å². The van der Waals surface area contributed by atoms with Crippen LogP contribution in [0.4, 0.5) is 14.9 Å². The van der Waals surface area contributed by atoms with Crippen LogP contribution in [0, 0.1) is 5.82 Å². The van der Waals surface area contributed by atoms with Crippen LogP contribution in [0.2, 0.25) is 10.0 Å². The lowest BCUT2D eigenvalue weighted by molar-refractivity contribution is 0.180. The second kappa shape index (κ2) is 10.9. The van der Waals surface area contributed by atoms with Gasteiger partial charge in [-0.1, -0.05) is 53.6 Å². The third-order valence-electron chi connectivity index (χ3n) is 7.80. The molecule has 1 aromatic heterocycles. The zero-order valence-corrected chi connectivity index (χ0v) is 23.5. The van der Waals surface area contributed by atoms with Crippen LogP contribution in [0.1, 0.15) is 29.5 Å². The van der Waals surface area contributed by atoms with Gasteiger partial charge in [0.1, 0.15) is 5.82 Å². The molecule has 39 heavy (non-hydrogen) atoms. The Morgan fingerprint density at radius 1 is 1.08 bits per heavy atom. The number of nitrogens with zero attached hydrogens (tertiary/aromatic N) is 3. The van der Waals surface area contributed by atoms with Gasteiger partial charge in [0.05, 0.1) is 31.5 Å². The van der Waals surface area contributed by atoms with Gasteiger partial charge >= 0.3 is 6.03 Å². The standard InChI is InChI=1S/C30H27Cl2FN4OS/c31-23-8-5-20(16-24(23)32)2-1-13-36-14-11-30(12-15-36)18-37(25-9-10-26-28(27(25)30)35-19-39-26)29(38)34-17-21-3-6-22(33)7-4-21/h1-10,16,19H,11-15,17-18H2,(H,34,38)/b2-1+. The van der Waals surface area contributed by atoms with Crippen molar-refractivity contribution in [3.05, 3.63) is 98.7 Å². The summed E-state index contributed by atoms with van der Waals surface area (Å²) in [4.78, 5) is 22.5. The van der Waals surface area contributed by atoms with E-state index in [0.717, 1.165) is 59.5 Å². The lowest BCUT2D eigenvalue weighted by Crippen LogP contribution is -2.47. The number of thiazole rings is 1. The van der Waals surface area contributed by atoms with Gasteiger partial charge < -0.3 is 5.32 Å². The number of aromatic nitrogens is 1. The SMILES string of the molecule is O=C(NCc1ccc(F)cc1)N1CC2(CCN(C/C=C/c3ccc(Cl)c(Cl)c3)CC2)c2c1ccc1scnc21. The molecule has 0 unspecified atom stereocenters. The number of benzene rings is 3. The van der Waals surface area contributed by atoms with E-state index in [-0.39, 0.29) is 17.3 Å².